The summed E-state index contributed by atoms with van der Waals surface area (Å²) in [6.07, 6.45) is 6.78. The van der Waals surface area contributed by atoms with Crippen LogP contribution in [0.2, 0.25) is 0 Å². The smallest absolute Gasteiger partial charge is 0.271 e. The van der Waals surface area contributed by atoms with Crippen LogP contribution < -0.4 is 5.32 Å². The van der Waals surface area contributed by atoms with Crippen molar-refractivity contribution in [3.05, 3.63) is 78.6 Å². The number of para-hydroxylation sites is 1. The van der Waals surface area contributed by atoms with E-state index in [1.165, 1.54) is 0 Å². The van der Waals surface area contributed by atoms with Gasteiger partial charge >= 0.3 is 0 Å². The van der Waals surface area contributed by atoms with E-state index in [4.69, 9.17) is 0 Å². The van der Waals surface area contributed by atoms with E-state index in [2.05, 4.69) is 15.3 Å². The first-order valence-corrected chi connectivity index (χ1v) is 6.59. The van der Waals surface area contributed by atoms with E-state index in [-0.39, 0.29) is 5.91 Å². The van der Waals surface area contributed by atoms with Crippen molar-refractivity contribution in [3.63, 3.8) is 0 Å². The van der Waals surface area contributed by atoms with Crippen molar-refractivity contribution in [2.24, 2.45) is 0 Å². The Hall–Kier alpha value is -2.95. The Balaban J connectivity index is 1.67. The first-order valence-electron chi connectivity index (χ1n) is 6.59. The molecule has 2 aromatic heterocycles. The molecule has 104 valence electrons. The summed E-state index contributed by atoms with van der Waals surface area (Å²) in [6, 6.07) is 13.5. The number of hydrogen-bond donors (Lipinski definition) is 1. The van der Waals surface area contributed by atoms with E-state index in [1.807, 2.05) is 47.0 Å². The number of imidazole rings is 1. The maximum Gasteiger partial charge on any atom is 0.271 e. The molecule has 0 aliphatic carbocycles. The number of amides is 1. The van der Waals surface area contributed by atoms with Crippen LogP contribution in [0.15, 0.2) is 67.4 Å². The van der Waals surface area contributed by atoms with Crippen LogP contribution in [-0.2, 0) is 6.54 Å². The molecule has 1 aromatic carbocycles. The predicted octanol–water partition coefficient (Wildman–Crippen LogP) is 2.20. The van der Waals surface area contributed by atoms with Gasteiger partial charge in [0.2, 0.25) is 0 Å². The first-order chi connectivity index (χ1) is 10.3. The maximum absolute atomic E-state index is 12.1. The average molecular weight is 278 g/mol. The lowest BCUT2D eigenvalue weighted by Crippen LogP contribution is -2.23. The van der Waals surface area contributed by atoms with Crippen molar-refractivity contribution < 1.29 is 4.79 Å². The third-order valence-electron chi connectivity index (χ3n) is 3.05. The molecule has 3 rings (SSSR count). The Labute approximate surface area is 122 Å². The second-order valence-corrected chi connectivity index (χ2v) is 4.55. The van der Waals surface area contributed by atoms with Crippen LogP contribution in [0.25, 0.3) is 5.69 Å². The van der Waals surface area contributed by atoms with Gasteiger partial charge in [0, 0.05) is 30.8 Å². The lowest BCUT2D eigenvalue weighted by molar-refractivity contribution is 0.0946. The lowest BCUT2D eigenvalue weighted by atomic mass is 10.3. The summed E-state index contributed by atoms with van der Waals surface area (Å²) >= 11 is 0. The zero-order valence-electron chi connectivity index (χ0n) is 11.3. The highest BCUT2D eigenvalue weighted by Gasteiger charge is 2.09. The number of nitrogens with one attached hydrogen (secondary N) is 1. The zero-order chi connectivity index (χ0) is 14.5. The lowest BCUT2D eigenvalue weighted by Gasteiger charge is -2.02. The fraction of sp³-hybridized carbons (Fsp3) is 0.0625. The fourth-order valence-corrected chi connectivity index (χ4v) is 1.96. The van der Waals surface area contributed by atoms with E-state index < -0.39 is 0 Å². The topological polar surface area (TPSA) is 59.8 Å². The summed E-state index contributed by atoms with van der Waals surface area (Å²) in [5.74, 6) is -0.200. The highest BCUT2D eigenvalue weighted by Crippen LogP contribution is 2.08. The number of carbonyl (C=O) groups excluding carboxylic acids is 1. The minimum atomic E-state index is -0.200. The van der Waals surface area contributed by atoms with Crippen LogP contribution in [0.3, 0.4) is 0 Å². The van der Waals surface area contributed by atoms with E-state index >= 15 is 0 Å². The molecule has 0 saturated carbocycles. The Kier molecular flexibility index (Phi) is 3.73. The minimum absolute atomic E-state index is 0.200. The van der Waals surface area contributed by atoms with E-state index in [9.17, 15) is 4.79 Å². The van der Waals surface area contributed by atoms with Crippen LogP contribution in [0.4, 0.5) is 0 Å². The molecule has 0 radical (unpaired) electrons. The van der Waals surface area contributed by atoms with Crippen molar-refractivity contribution in [3.8, 4) is 5.69 Å². The summed E-state index contributed by atoms with van der Waals surface area (Å²) in [5.41, 5.74) is 2.31. The molecule has 5 heteroatoms. The van der Waals surface area contributed by atoms with Gasteiger partial charge in [0.25, 0.3) is 5.91 Å². The average Bonchev–Trinajstić information content (AvgIpc) is 3.04. The molecule has 0 aliphatic rings. The van der Waals surface area contributed by atoms with Crippen molar-refractivity contribution in [2.75, 3.05) is 0 Å². The fourth-order valence-electron chi connectivity index (χ4n) is 1.96. The Morgan fingerprint density at radius 2 is 2.00 bits per heavy atom. The molecule has 1 amide bonds. The molecule has 0 atom stereocenters. The summed E-state index contributed by atoms with van der Waals surface area (Å²) in [6.45, 7) is 0.435. The van der Waals surface area contributed by atoms with E-state index in [0.717, 1.165) is 11.3 Å². The van der Waals surface area contributed by atoms with Crippen LogP contribution in [0.5, 0.6) is 0 Å². The van der Waals surface area contributed by atoms with Crippen molar-refractivity contribution >= 4 is 5.91 Å². The molecular weight excluding hydrogens is 264 g/mol. The molecular formula is C16H14N4O. The Morgan fingerprint density at radius 3 is 2.76 bits per heavy atom. The molecule has 5 nitrogen and oxygen atoms in total. The summed E-state index contributed by atoms with van der Waals surface area (Å²) in [7, 11) is 0. The quantitative estimate of drug-likeness (QED) is 0.796. The second-order valence-electron chi connectivity index (χ2n) is 4.55. The van der Waals surface area contributed by atoms with Gasteiger partial charge in [0.05, 0.1) is 0 Å². The highest BCUT2D eigenvalue weighted by molar-refractivity contribution is 5.92. The summed E-state index contributed by atoms with van der Waals surface area (Å²) in [4.78, 5) is 20.2. The number of carbonyl (C=O) groups is 1. The maximum atomic E-state index is 12.1. The number of hydrogen-bond acceptors (Lipinski definition) is 3. The third kappa shape index (κ3) is 3.14. The molecule has 1 N–H and O–H groups in total. The van der Waals surface area contributed by atoms with Crippen LogP contribution in [0, 0.1) is 0 Å². The molecule has 0 bridgehead atoms. The largest absolute Gasteiger partial charge is 0.347 e. The molecule has 21 heavy (non-hydrogen) atoms. The SMILES string of the molecule is O=C(NCc1cccnc1)c1cn(-c2ccccc2)cn1. The van der Waals surface area contributed by atoms with Crippen molar-refractivity contribution in [1.82, 2.24) is 19.9 Å². The van der Waals surface area contributed by atoms with Gasteiger partial charge < -0.3 is 9.88 Å². The van der Waals surface area contributed by atoms with Gasteiger partial charge in [-0.15, -0.1) is 0 Å². The molecule has 0 aliphatic heterocycles. The van der Waals surface area contributed by atoms with Gasteiger partial charge in [-0.1, -0.05) is 24.3 Å². The van der Waals surface area contributed by atoms with Gasteiger partial charge in [-0.25, -0.2) is 4.98 Å². The molecule has 0 fully saturated rings. The normalized spacial score (nSPS) is 10.3. The van der Waals surface area contributed by atoms with Gasteiger partial charge in [-0.05, 0) is 23.8 Å². The summed E-state index contributed by atoms with van der Waals surface area (Å²) in [5, 5.41) is 2.83. The Bertz CT molecular complexity index is 722. The predicted molar refractivity (Wildman–Crippen MR) is 79.0 cm³/mol. The molecule has 3 aromatic rings. The Morgan fingerprint density at radius 1 is 1.14 bits per heavy atom. The number of pyridine rings is 1. The van der Waals surface area contributed by atoms with Gasteiger partial charge in [-0.2, -0.15) is 0 Å². The minimum Gasteiger partial charge on any atom is -0.347 e. The van der Waals surface area contributed by atoms with Crippen molar-refractivity contribution in [2.45, 2.75) is 6.54 Å². The summed E-state index contributed by atoms with van der Waals surface area (Å²) < 4.78 is 1.82. The monoisotopic (exact) mass is 278 g/mol. The number of benzene rings is 1. The second kappa shape index (κ2) is 6.00. The van der Waals surface area contributed by atoms with E-state index in [0.29, 0.717) is 12.2 Å². The molecule has 0 saturated heterocycles. The van der Waals surface area contributed by atoms with Gasteiger partial charge in [0.15, 0.2) is 0 Å². The van der Waals surface area contributed by atoms with Gasteiger partial charge in [0.1, 0.15) is 12.0 Å². The van der Waals surface area contributed by atoms with Gasteiger partial charge in [-0.3, -0.25) is 9.78 Å². The number of aromatic nitrogens is 3. The van der Waals surface area contributed by atoms with Crippen molar-refractivity contribution in [1.29, 1.82) is 0 Å². The highest BCUT2D eigenvalue weighted by atomic mass is 16.1. The van der Waals surface area contributed by atoms with E-state index in [1.54, 1.807) is 24.9 Å². The van der Waals surface area contributed by atoms with Crippen LogP contribution >= 0.6 is 0 Å². The van der Waals surface area contributed by atoms with Crippen LogP contribution in [0.1, 0.15) is 16.1 Å². The first kappa shape index (κ1) is 13.1. The number of rotatable bonds is 4. The molecule has 0 spiro atoms. The molecule has 2 heterocycles. The number of nitrogens with zero attached hydrogens (tertiary/aromatic N) is 3. The third-order valence-corrected chi connectivity index (χ3v) is 3.05. The van der Waals surface area contributed by atoms with Crippen LogP contribution in [-0.4, -0.2) is 20.4 Å². The standard InChI is InChI=1S/C16H14N4O/c21-16(18-10-13-5-4-8-17-9-13)15-11-20(12-19-15)14-6-2-1-3-7-14/h1-9,11-12H,10H2,(H,18,21). The zero-order valence-corrected chi connectivity index (χ0v) is 11.3. The molecule has 0 unspecified atom stereocenters.